The van der Waals surface area contributed by atoms with Gasteiger partial charge >= 0.3 is 5.97 Å². The standard InChI is InChI=1S/C28H25N3O7/c1-36-20-6-3-5-19-15-21(38-26(19)20)24(32)22-23(17-7-9-18(10-8-17)28(35)37-2)31(27(34)25(22)33)13-4-12-30-14-11-29-16-30/h3,5-11,14-16,23,33H,4,12-13H2,1-2H3. The molecule has 0 aliphatic carbocycles. The predicted octanol–water partition coefficient (Wildman–Crippen LogP) is 4.09. The molecule has 10 heteroatoms. The van der Waals surface area contributed by atoms with Crippen molar-refractivity contribution in [3.05, 3.63) is 95.5 Å². The number of imidazole rings is 1. The summed E-state index contributed by atoms with van der Waals surface area (Å²) in [5.41, 5.74) is 1.16. The Kier molecular flexibility index (Phi) is 6.69. The Labute approximate surface area is 217 Å². The molecule has 0 saturated heterocycles. The van der Waals surface area contributed by atoms with E-state index in [9.17, 15) is 19.5 Å². The lowest BCUT2D eigenvalue weighted by atomic mass is 9.94. The Balaban J connectivity index is 1.52. The molecule has 0 radical (unpaired) electrons. The van der Waals surface area contributed by atoms with E-state index in [4.69, 9.17) is 13.9 Å². The zero-order valence-corrected chi connectivity index (χ0v) is 20.8. The Morgan fingerprint density at radius 2 is 1.89 bits per heavy atom. The zero-order chi connectivity index (χ0) is 26.8. The fourth-order valence-electron chi connectivity index (χ4n) is 4.67. The summed E-state index contributed by atoms with van der Waals surface area (Å²) in [5.74, 6) is -1.99. The summed E-state index contributed by atoms with van der Waals surface area (Å²) in [4.78, 5) is 44.4. The van der Waals surface area contributed by atoms with Crippen LogP contribution >= 0.6 is 0 Å². The maximum atomic E-state index is 13.8. The van der Waals surface area contributed by atoms with Gasteiger partial charge in [0.15, 0.2) is 22.9 Å². The average Bonchev–Trinajstić information content (AvgIpc) is 3.67. The molecule has 38 heavy (non-hydrogen) atoms. The normalized spacial score (nSPS) is 15.4. The summed E-state index contributed by atoms with van der Waals surface area (Å²) >= 11 is 0. The number of carbonyl (C=O) groups is 3. The topological polar surface area (TPSA) is 124 Å². The number of ketones is 1. The van der Waals surface area contributed by atoms with E-state index in [-0.39, 0.29) is 17.9 Å². The van der Waals surface area contributed by atoms with E-state index in [1.165, 1.54) is 19.1 Å². The third-order valence-corrected chi connectivity index (χ3v) is 6.52. The number of aryl methyl sites for hydroxylation is 1. The van der Waals surface area contributed by atoms with Crippen molar-refractivity contribution >= 4 is 28.6 Å². The number of methoxy groups -OCH3 is 2. The molecule has 194 valence electrons. The number of Topliss-reactive ketones (excluding diaryl/α,β-unsaturated/α-hetero) is 1. The van der Waals surface area contributed by atoms with Crippen LogP contribution < -0.4 is 4.74 Å². The van der Waals surface area contributed by atoms with E-state index >= 15 is 0 Å². The van der Waals surface area contributed by atoms with Crippen LogP contribution in [-0.4, -0.2) is 58.0 Å². The van der Waals surface area contributed by atoms with Crippen LogP contribution in [0.3, 0.4) is 0 Å². The number of fused-ring (bicyclic) bond motifs is 1. The van der Waals surface area contributed by atoms with Crippen LogP contribution in [0.25, 0.3) is 11.0 Å². The Morgan fingerprint density at radius 3 is 2.58 bits per heavy atom. The molecule has 1 atom stereocenters. The number of carbonyl (C=O) groups excluding carboxylic acids is 3. The molecule has 2 aromatic heterocycles. The maximum absolute atomic E-state index is 13.8. The van der Waals surface area contributed by atoms with Gasteiger partial charge in [-0.3, -0.25) is 9.59 Å². The maximum Gasteiger partial charge on any atom is 0.337 e. The first-order valence-electron chi connectivity index (χ1n) is 11.9. The van der Waals surface area contributed by atoms with Crippen molar-refractivity contribution in [3.63, 3.8) is 0 Å². The molecule has 1 unspecified atom stereocenters. The summed E-state index contributed by atoms with van der Waals surface area (Å²) in [5, 5.41) is 11.6. The summed E-state index contributed by atoms with van der Waals surface area (Å²) in [7, 11) is 2.78. The van der Waals surface area contributed by atoms with Crippen molar-refractivity contribution in [1.82, 2.24) is 14.5 Å². The predicted molar refractivity (Wildman–Crippen MR) is 136 cm³/mol. The number of esters is 1. The minimum Gasteiger partial charge on any atom is -0.503 e. The first kappa shape index (κ1) is 24.8. The Morgan fingerprint density at radius 1 is 1.11 bits per heavy atom. The van der Waals surface area contributed by atoms with Crippen molar-refractivity contribution in [2.24, 2.45) is 0 Å². The van der Waals surface area contributed by atoms with Gasteiger partial charge in [-0.15, -0.1) is 0 Å². The minimum absolute atomic E-state index is 0.0321. The third kappa shape index (κ3) is 4.40. The highest BCUT2D eigenvalue weighted by atomic mass is 16.5. The van der Waals surface area contributed by atoms with Crippen molar-refractivity contribution in [2.75, 3.05) is 20.8 Å². The third-order valence-electron chi connectivity index (χ3n) is 6.52. The van der Waals surface area contributed by atoms with Gasteiger partial charge in [0.1, 0.15) is 0 Å². The summed E-state index contributed by atoms with van der Waals surface area (Å²) in [6, 6.07) is 12.3. The van der Waals surface area contributed by atoms with Gasteiger partial charge in [-0.25, -0.2) is 9.78 Å². The van der Waals surface area contributed by atoms with Crippen molar-refractivity contribution in [1.29, 1.82) is 0 Å². The molecule has 1 aliphatic rings. The quantitative estimate of drug-likeness (QED) is 0.261. The second kappa shape index (κ2) is 10.3. The van der Waals surface area contributed by atoms with Crippen LogP contribution in [0, 0.1) is 0 Å². The molecule has 0 bridgehead atoms. The number of amides is 1. The number of hydrogen-bond donors (Lipinski definition) is 1. The van der Waals surface area contributed by atoms with Crippen molar-refractivity contribution < 1.29 is 33.4 Å². The second-order valence-corrected chi connectivity index (χ2v) is 8.75. The molecule has 4 aromatic rings. The van der Waals surface area contributed by atoms with Crippen molar-refractivity contribution in [2.45, 2.75) is 19.0 Å². The van der Waals surface area contributed by atoms with Crippen LogP contribution in [0.4, 0.5) is 0 Å². The van der Waals surface area contributed by atoms with Gasteiger partial charge in [0.2, 0.25) is 5.78 Å². The molecule has 0 fully saturated rings. The molecular weight excluding hydrogens is 490 g/mol. The molecule has 1 amide bonds. The van der Waals surface area contributed by atoms with Gasteiger partial charge in [0, 0.05) is 30.9 Å². The number of aliphatic hydroxyl groups is 1. The van der Waals surface area contributed by atoms with E-state index < -0.39 is 29.5 Å². The number of nitrogens with zero attached hydrogens (tertiary/aromatic N) is 3. The number of benzene rings is 2. The van der Waals surface area contributed by atoms with E-state index in [0.29, 0.717) is 40.8 Å². The van der Waals surface area contributed by atoms with E-state index in [2.05, 4.69) is 4.98 Å². The zero-order valence-electron chi connectivity index (χ0n) is 20.8. The number of aliphatic hydroxyl groups excluding tert-OH is 1. The fraction of sp³-hybridized carbons (Fsp3) is 0.214. The van der Waals surface area contributed by atoms with E-state index in [1.54, 1.807) is 61.1 Å². The average molecular weight is 516 g/mol. The van der Waals surface area contributed by atoms with Crippen LogP contribution in [0.2, 0.25) is 0 Å². The molecule has 2 aromatic carbocycles. The van der Waals surface area contributed by atoms with Crippen molar-refractivity contribution in [3.8, 4) is 5.75 Å². The monoisotopic (exact) mass is 515 g/mol. The lowest BCUT2D eigenvalue weighted by Crippen LogP contribution is -2.32. The number of hydrogen-bond acceptors (Lipinski definition) is 8. The number of rotatable bonds is 9. The van der Waals surface area contributed by atoms with Crippen LogP contribution in [0.5, 0.6) is 5.75 Å². The smallest absolute Gasteiger partial charge is 0.337 e. The van der Waals surface area contributed by atoms with Crippen LogP contribution in [0.1, 0.15) is 38.9 Å². The molecule has 0 saturated carbocycles. The molecule has 0 spiro atoms. The highest BCUT2D eigenvalue weighted by Gasteiger charge is 2.44. The van der Waals surface area contributed by atoms with Gasteiger partial charge in [-0.2, -0.15) is 0 Å². The minimum atomic E-state index is -0.889. The van der Waals surface area contributed by atoms with Gasteiger partial charge in [-0.05, 0) is 36.2 Å². The summed E-state index contributed by atoms with van der Waals surface area (Å²) in [6.45, 7) is 0.848. The first-order valence-corrected chi connectivity index (χ1v) is 11.9. The van der Waals surface area contributed by atoms with E-state index in [1.807, 2.05) is 10.8 Å². The number of furan rings is 1. The van der Waals surface area contributed by atoms with E-state index in [0.717, 1.165) is 0 Å². The Hall–Kier alpha value is -4.86. The summed E-state index contributed by atoms with van der Waals surface area (Å²) < 4.78 is 17.8. The highest BCUT2D eigenvalue weighted by Crippen LogP contribution is 2.40. The molecule has 1 aliphatic heterocycles. The van der Waals surface area contributed by atoms with Gasteiger partial charge in [-0.1, -0.05) is 24.3 Å². The summed E-state index contributed by atoms with van der Waals surface area (Å²) in [6.07, 6.45) is 5.71. The number of para-hydroxylation sites is 1. The fourth-order valence-corrected chi connectivity index (χ4v) is 4.67. The first-order chi connectivity index (χ1) is 18.4. The largest absolute Gasteiger partial charge is 0.503 e. The molecule has 5 rings (SSSR count). The van der Waals surface area contributed by atoms with Gasteiger partial charge in [0.25, 0.3) is 5.91 Å². The number of aromatic nitrogens is 2. The molecule has 10 nitrogen and oxygen atoms in total. The van der Waals surface area contributed by atoms with Crippen LogP contribution in [0.15, 0.2) is 83.0 Å². The van der Waals surface area contributed by atoms with Gasteiger partial charge < -0.3 is 28.5 Å². The SMILES string of the molecule is COC(=O)c1ccc(C2C(C(=O)c3cc4cccc(OC)c4o3)=C(O)C(=O)N2CCCn2ccnc2)cc1. The number of ether oxygens (including phenoxy) is 2. The lowest BCUT2D eigenvalue weighted by Gasteiger charge is -2.27. The molecule has 3 heterocycles. The van der Waals surface area contributed by atoms with Gasteiger partial charge in [0.05, 0.1) is 37.7 Å². The lowest BCUT2D eigenvalue weighted by molar-refractivity contribution is -0.129. The Bertz CT molecular complexity index is 1530. The highest BCUT2D eigenvalue weighted by molar-refractivity contribution is 6.16. The molecule has 1 N–H and O–H groups in total. The second-order valence-electron chi connectivity index (χ2n) is 8.75. The van der Waals surface area contributed by atoms with Crippen LogP contribution in [-0.2, 0) is 16.1 Å². The molecular formula is C28H25N3O7.